The second kappa shape index (κ2) is 4.58. The normalized spacial score (nSPS) is 17.2. The van der Waals surface area contributed by atoms with Crippen molar-refractivity contribution in [2.75, 3.05) is 13.4 Å². The highest BCUT2D eigenvalue weighted by Gasteiger charge is 2.24. The summed E-state index contributed by atoms with van der Waals surface area (Å²) in [4.78, 5) is 0. The van der Waals surface area contributed by atoms with Crippen LogP contribution in [0.3, 0.4) is 0 Å². The first-order chi connectivity index (χ1) is 7.63. The van der Waals surface area contributed by atoms with Crippen molar-refractivity contribution in [3.8, 4) is 11.5 Å². The minimum absolute atomic E-state index is 0.143. The lowest BCUT2D eigenvalue weighted by molar-refractivity contribution is -0.0156. The van der Waals surface area contributed by atoms with E-state index in [4.69, 9.17) is 14.6 Å². The summed E-state index contributed by atoms with van der Waals surface area (Å²) >= 11 is 3.26. The molecule has 1 aromatic carbocycles. The number of halogens is 1. The van der Waals surface area contributed by atoms with Gasteiger partial charge in [-0.15, -0.1) is 0 Å². The largest absolute Gasteiger partial charge is 0.454 e. The predicted octanol–water partition coefficient (Wildman–Crippen LogP) is 0.564. The van der Waals surface area contributed by atoms with E-state index in [-0.39, 0.29) is 6.79 Å². The number of fused-ring (bicyclic) bond motifs is 1. The van der Waals surface area contributed by atoms with Crippen molar-refractivity contribution in [2.45, 2.75) is 12.2 Å². The third kappa shape index (κ3) is 2.01. The molecule has 0 saturated carbocycles. The maximum Gasteiger partial charge on any atom is 0.231 e. The highest BCUT2D eigenvalue weighted by Crippen LogP contribution is 2.39. The molecule has 0 spiro atoms. The topological polar surface area (TPSA) is 79.2 Å². The molecule has 0 bridgehead atoms. The first kappa shape index (κ1) is 11.7. The number of hydrogen-bond donors (Lipinski definition) is 3. The van der Waals surface area contributed by atoms with E-state index in [2.05, 4.69) is 15.9 Å². The first-order valence-electron chi connectivity index (χ1n) is 4.69. The van der Waals surface area contributed by atoms with Crippen LogP contribution < -0.4 is 9.47 Å². The Kier molecular flexibility index (Phi) is 3.34. The highest BCUT2D eigenvalue weighted by atomic mass is 79.9. The molecule has 0 amide bonds. The summed E-state index contributed by atoms with van der Waals surface area (Å²) in [7, 11) is 0. The Morgan fingerprint density at radius 1 is 1.25 bits per heavy atom. The zero-order valence-corrected chi connectivity index (χ0v) is 9.85. The molecule has 3 N–H and O–H groups in total. The molecule has 1 aliphatic heterocycles. The summed E-state index contributed by atoms with van der Waals surface area (Å²) in [6.07, 6.45) is -2.40. The predicted molar refractivity (Wildman–Crippen MR) is 58.3 cm³/mol. The van der Waals surface area contributed by atoms with Crippen LogP contribution in [0.1, 0.15) is 11.7 Å². The fraction of sp³-hybridized carbons (Fsp3) is 0.400. The smallest absolute Gasteiger partial charge is 0.231 e. The Bertz CT molecular complexity index is 395. The van der Waals surface area contributed by atoms with Gasteiger partial charge in [0.05, 0.1) is 6.61 Å². The molecule has 2 atom stereocenters. The van der Waals surface area contributed by atoms with Gasteiger partial charge in [-0.1, -0.05) is 15.9 Å². The molecular weight excluding hydrogens is 280 g/mol. The van der Waals surface area contributed by atoms with Gasteiger partial charge in [0.2, 0.25) is 6.79 Å². The summed E-state index contributed by atoms with van der Waals surface area (Å²) in [5, 5.41) is 27.9. The Hall–Kier alpha value is -0.820. The fourth-order valence-electron chi connectivity index (χ4n) is 1.47. The SMILES string of the molecule is OCC(O)C(O)c1cc2c(cc1Br)OCO2. The number of hydrogen-bond acceptors (Lipinski definition) is 5. The van der Waals surface area contributed by atoms with E-state index in [9.17, 15) is 10.2 Å². The van der Waals surface area contributed by atoms with Crippen LogP contribution in [-0.2, 0) is 0 Å². The van der Waals surface area contributed by atoms with Crippen molar-refractivity contribution in [3.63, 3.8) is 0 Å². The lowest BCUT2D eigenvalue weighted by Crippen LogP contribution is -2.22. The Balaban J connectivity index is 2.34. The van der Waals surface area contributed by atoms with Crippen LogP contribution in [0.5, 0.6) is 11.5 Å². The average molecular weight is 291 g/mol. The van der Waals surface area contributed by atoms with Gasteiger partial charge in [-0.05, 0) is 12.1 Å². The van der Waals surface area contributed by atoms with Gasteiger partial charge in [-0.2, -0.15) is 0 Å². The molecule has 0 saturated heterocycles. The van der Waals surface area contributed by atoms with Gasteiger partial charge >= 0.3 is 0 Å². The van der Waals surface area contributed by atoms with Gasteiger partial charge in [0.25, 0.3) is 0 Å². The molecule has 0 radical (unpaired) electrons. The van der Waals surface area contributed by atoms with E-state index in [0.717, 1.165) is 0 Å². The van der Waals surface area contributed by atoms with Crippen LogP contribution in [0, 0.1) is 0 Å². The van der Waals surface area contributed by atoms with Crippen LogP contribution in [0.2, 0.25) is 0 Å². The van der Waals surface area contributed by atoms with Crippen molar-refractivity contribution < 1.29 is 24.8 Å². The number of rotatable bonds is 3. The molecular formula is C10H11BrO5. The van der Waals surface area contributed by atoms with Gasteiger partial charge < -0.3 is 24.8 Å². The summed E-state index contributed by atoms with van der Waals surface area (Å²) in [6.45, 7) is -0.369. The molecule has 2 unspecified atom stereocenters. The maximum absolute atomic E-state index is 9.76. The van der Waals surface area contributed by atoms with E-state index in [1.807, 2.05) is 0 Å². The number of benzene rings is 1. The minimum atomic E-state index is -1.23. The molecule has 16 heavy (non-hydrogen) atoms. The van der Waals surface area contributed by atoms with Crippen LogP contribution in [0.25, 0.3) is 0 Å². The molecule has 2 rings (SSSR count). The molecule has 1 aliphatic rings. The zero-order chi connectivity index (χ0) is 11.7. The fourth-order valence-corrected chi connectivity index (χ4v) is 2.02. The molecule has 6 heteroatoms. The van der Waals surface area contributed by atoms with Gasteiger partial charge in [0.1, 0.15) is 12.2 Å². The van der Waals surface area contributed by atoms with Crippen molar-refractivity contribution >= 4 is 15.9 Å². The molecule has 5 nitrogen and oxygen atoms in total. The molecule has 0 fully saturated rings. The third-order valence-electron chi connectivity index (χ3n) is 2.36. The summed E-state index contributed by atoms with van der Waals surface area (Å²) in [6, 6.07) is 3.24. The number of aliphatic hydroxyl groups is 3. The lowest BCUT2D eigenvalue weighted by atomic mass is 10.0. The second-order valence-electron chi connectivity index (χ2n) is 3.42. The van der Waals surface area contributed by atoms with Crippen LogP contribution in [0.4, 0.5) is 0 Å². The number of ether oxygens (including phenoxy) is 2. The molecule has 1 heterocycles. The summed E-state index contributed by atoms with van der Waals surface area (Å²) in [5.41, 5.74) is 0.450. The van der Waals surface area contributed by atoms with Crippen molar-refractivity contribution in [1.82, 2.24) is 0 Å². The monoisotopic (exact) mass is 290 g/mol. The van der Waals surface area contributed by atoms with Crippen LogP contribution in [0.15, 0.2) is 16.6 Å². The molecule has 0 aromatic heterocycles. The average Bonchev–Trinajstić information content (AvgIpc) is 2.72. The first-order valence-corrected chi connectivity index (χ1v) is 5.49. The van der Waals surface area contributed by atoms with Crippen LogP contribution >= 0.6 is 15.9 Å². The molecule has 0 aliphatic carbocycles. The van der Waals surface area contributed by atoms with E-state index in [1.165, 1.54) is 0 Å². The summed E-state index contributed by atoms with van der Waals surface area (Å²) < 4.78 is 10.9. The van der Waals surface area contributed by atoms with E-state index in [1.54, 1.807) is 12.1 Å². The van der Waals surface area contributed by atoms with E-state index < -0.39 is 18.8 Å². The van der Waals surface area contributed by atoms with Gasteiger partial charge in [0.15, 0.2) is 11.5 Å². The van der Waals surface area contributed by atoms with Gasteiger partial charge in [-0.3, -0.25) is 0 Å². The van der Waals surface area contributed by atoms with E-state index >= 15 is 0 Å². The number of aliphatic hydroxyl groups excluding tert-OH is 3. The Labute approximate surface area is 100 Å². The maximum atomic E-state index is 9.76. The quantitative estimate of drug-likeness (QED) is 0.758. The molecule has 1 aromatic rings. The highest BCUT2D eigenvalue weighted by molar-refractivity contribution is 9.10. The van der Waals surface area contributed by atoms with Gasteiger partial charge in [-0.25, -0.2) is 0 Å². The van der Waals surface area contributed by atoms with E-state index in [0.29, 0.717) is 21.5 Å². The lowest BCUT2D eigenvalue weighted by Gasteiger charge is -2.17. The summed E-state index contributed by atoms with van der Waals surface area (Å²) in [5.74, 6) is 1.10. The van der Waals surface area contributed by atoms with Crippen molar-refractivity contribution in [2.24, 2.45) is 0 Å². The minimum Gasteiger partial charge on any atom is -0.454 e. The standard InChI is InChI=1S/C10H11BrO5/c11-6-2-9-8(15-4-16-9)1-5(6)10(14)7(13)3-12/h1-2,7,10,12-14H,3-4H2. The van der Waals surface area contributed by atoms with Crippen molar-refractivity contribution in [3.05, 3.63) is 22.2 Å². The zero-order valence-electron chi connectivity index (χ0n) is 8.26. The Morgan fingerprint density at radius 3 is 2.50 bits per heavy atom. The second-order valence-corrected chi connectivity index (χ2v) is 4.28. The Morgan fingerprint density at radius 2 is 1.88 bits per heavy atom. The molecule has 88 valence electrons. The van der Waals surface area contributed by atoms with Gasteiger partial charge in [0, 0.05) is 10.0 Å². The van der Waals surface area contributed by atoms with Crippen molar-refractivity contribution in [1.29, 1.82) is 0 Å². The van der Waals surface area contributed by atoms with Crippen LogP contribution in [-0.4, -0.2) is 34.8 Å². The third-order valence-corrected chi connectivity index (χ3v) is 3.05.